The van der Waals surface area contributed by atoms with Gasteiger partial charge < -0.3 is 10.2 Å². The van der Waals surface area contributed by atoms with E-state index in [1.54, 1.807) is 46.2 Å². The van der Waals surface area contributed by atoms with Crippen LogP contribution in [-0.2, 0) is 4.79 Å². The van der Waals surface area contributed by atoms with E-state index in [0.29, 0.717) is 11.3 Å². The molecule has 2 amide bonds. The van der Waals surface area contributed by atoms with E-state index in [1.807, 2.05) is 50.2 Å². The lowest BCUT2D eigenvalue weighted by molar-refractivity contribution is -0.120. The molecule has 1 N–H and O–H groups in total. The van der Waals surface area contributed by atoms with Crippen molar-refractivity contribution in [2.75, 3.05) is 4.90 Å². The molecule has 3 aromatic carbocycles. The largest absolute Gasteiger partial charge is 0.346 e. The maximum Gasteiger partial charge on any atom is 0.253 e. The molecule has 0 radical (unpaired) electrons. The third-order valence-corrected chi connectivity index (χ3v) is 7.29. The Hall–Kier alpha value is -4.85. The zero-order valence-electron chi connectivity index (χ0n) is 21.5. The van der Waals surface area contributed by atoms with Gasteiger partial charge in [0.25, 0.3) is 5.91 Å². The summed E-state index contributed by atoms with van der Waals surface area (Å²) in [5.41, 5.74) is 4.72. The first kappa shape index (κ1) is 24.5. The number of hydrogen-bond donors (Lipinski definition) is 1. The Balaban J connectivity index is 1.41. The zero-order valence-corrected chi connectivity index (χ0v) is 21.5. The molecule has 1 aliphatic rings. The second-order valence-electron chi connectivity index (χ2n) is 9.87. The van der Waals surface area contributed by atoms with Gasteiger partial charge in [-0.15, -0.1) is 0 Å². The average molecular weight is 520 g/mol. The van der Waals surface area contributed by atoms with Crippen LogP contribution >= 0.6 is 0 Å². The van der Waals surface area contributed by atoms with E-state index in [0.717, 1.165) is 27.7 Å². The number of rotatable bonds is 5. The van der Waals surface area contributed by atoms with Crippen molar-refractivity contribution in [3.05, 3.63) is 120 Å². The van der Waals surface area contributed by atoms with Gasteiger partial charge in [-0.2, -0.15) is 5.10 Å². The number of carbonyl (C=O) groups is 2. The minimum atomic E-state index is -0.468. The number of anilines is 1. The molecule has 1 fully saturated rings. The molecule has 194 valence electrons. The van der Waals surface area contributed by atoms with Gasteiger partial charge in [-0.25, -0.2) is 9.07 Å². The molecule has 1 aliphatic heterocycles. The molecule has 3 atom stereocenters. The standard InChI is InChI=1S/C31H26FN5O2/c1-19-5-3-6-21(15-19)29-28(35-30(38)22-7-4-14-33-17-22)20(2)31(39)36(29)26-12-13-27-23(16-26)18-34-37(27)25-10-8-24(32)9-11-25/h3-18,20,28-29H,1-2H3,(H,35,38)/t20-,28-,29+/m0/s1. The van der Waals surface area contributed by atoms with Crippen molar-refractivity contribution >= 4 is 28.4 Å². The number of aryl methyl sites for hydroxylation is 1. The van der Waals surface area contributed by atoms with Crippen molar-refractivity contribution in [3.8, 4) is 5.69 Å². The van der Waals surface area contributed by atoms with Crippen molar-refractivity contribution in [2.45, 2.75) is 25.9 Å². The number of aromatic nitrogens is 3. The van der Waals surface area contributed by atoms with Crippen LogP contribution in [0.3, 0.4) is 0 Å². The number of pyridine rings is 1. The second-order valence-corrected chi connectivity index (χ2v) is 9.87. The number of benzene rings is 3. The van der Waals surface area contributed by atoms with E-state index in [4.69, 9.17) is 0 Å². The number of nitrogens with zero attached hydrogens (tertiary/aromatic N) is 4. The highest BCUT2D eigenvalue weighted by atomic mass is 19.1. The third-order valence-electron chi connectivity index (χ3n) is 7.29. The van der Waals surface area contributed by atoms with Gasteiger partial charge in [0.1, 0.15) is 5.82 Å². The van der Waals surface area contributed by atoms with Crippen LogP contribution in [-0.4, -0.2) is 32.6 Å². The van der Waals surface area contributed by atoms with E-state index in [1.165, 1.54) is 18.3 Å². The molecule has 2 aromatic heterocycles. The summed E-state index contributed by atoms with van der Waals surface area (Å²) < 4.78 is 15.2. The summed E-state index contributed by atoms with van der Waals surface area (Å²) in [6, 6.07) is 22.4. The number of carbonyl (C=O) groups excluding carboxylic acids is 2. The van der Waals surface area contributed by atoms with Crippen molar-refractivity contribution in [1.29, 1.82) is 0 Å². The average Bonchev–Trinajstić information content (AvgIpc) is 3.48. The molecular weight excluding hydrogens is 493 g/mol. The number of fused-ring (bicyclic) bond motifs is 1. The van der Waals surface area contributed by atoms with E-state index < -0.39 is 18.0 Å². The molecule has 3 heterocycles. The van der Waals surface area contributed by atoms with E-state index in [2.05, 4.69) is 21.5 Å². The van der Waals surface area contributed by atoms with Crippen molar-refractivity contribution in [1.82, 2.24) is 20.1 Å². The Kier molecular flexibility index (Phi) is 6.15. The summed E-state index contributed by atoms with van der Waals surface area (Å²) in [4.78, 5) is 32.8. The summed E-state index contributed by atoms with van der Waals surface area (Å²) in [6.07, 6.45) is 4.86. The van der Waals surface area contributed by atoms with E-state index >= 15 is 0 Å². The molecule has 0 aliphatic carbocycles. The summed E-state index contributed by atoms with van der Waals surface area (Å²) in [7, 11) is 0. The highest BCUT2D eigenvalue weighted by Gasteiger charge is 2.48. The number of amides is 2. The number of nitrogens with one attached hydrogen (secondary N) is 1. The van der Waals surface area contributed by atoms with Gasteiger partial charge >= 0.3 is 0 Å². The molecule has 6 rings (SSSR count). The highest BCUT2D eigenvalue weighted by Crippen LogP contribution is 2.41. The predicted octanol–water partition coefficient (Wildman–Crippen LogP) is 5.39. The second kappa shape index (κ2) is 9.79. The molecule has 7 nitrogen and oxygen atoms in total. The van der Waals surface area contributed by atoms with Crippen LogP contribution < -0.4 is 10.2 Å². The topological polar surface area (TPSA) is 80.1 Å². The maximum atomic E-state index is 13.8. The monoisotopic (exact) mass is 519 g/mol. The van der Waals surface area contributed by atoms with Gasteiger partial charge in [-0.1, -0.05) is 36.8 Å². The SMILES string of the molecule is Cc1cccc([C@@H]2[C@@H](NC(=O)c3cccnc3)[C@H](C)C(=O)N2c2ccc3c(cnn3-c3ccc(F)cc3)c2)c1. The molecule has 0 saturated carbocycles. The molecular formula is C31H26FN5O2. The summed E-state index contributed by atoms with van der Waals surface area (Å²) in [5, 5.41) is 8.46. The van der Waals surface area contributed by atoms with Gasteiger partial charge in [0, 0.05) is 23.5 Å². The molecule has 0 spiro atoms. The first-order valence-corrected chi connectivity index (χ1v) is 12.7. The zero-order chi connectivity index (χ0) is 27.1. The molecule has 5 aromatic rings. The molecule has 39 heavy (non-hydrogen) atoms. The van der Waals surface area contributed by atoms with Crippen LogP contribution in [0.25, 0.3) is 16.6 Å². The Labute approximate surface area is 224 Å². The van der Waals surface area contributed by atoms with Crippen LogP contribution in [0.4, 0.5) is 10.1 Å². The minimum absolute atomic E-state index is 0.0803. The van der Waals surface area contributed by atoms with Crippen LogP contribution in [0.1, 0.15) is 34.5 Å². The van der Waals surface area contributed by atoms with Crippen LogP contribution in [0.15, 0.2) is 97.5 Å². The lowest BCUT2D eigenvalue weighted by Crippen LogP contribution is -2.42. The summed E-state index contributed by atoms with van der Waals surface area (Å²) in [6.45, 7) is 3.86. The fraction of sp³-hybridized carbons (Fsp3) is 0.161. The smallest absolute Gasteiger partial charge is 0.253 e. The first-order valence-electron chi connectivity index (χ1n) is 12.7. The first-order chi connectivity index (χ1) is 18.9. The summed E-state index contributed by atoms with van der Waals surface area (Å²) >= 11 is 0. The third kappa shape index (κ3) is 4.44. The van der Waals surface area contributed by atoms with Crippen LogP contribution in [0, 0.1) is 18.7 Å². The lowest BCUT2D eigenvalue weighted by atomic mass is 9.93. The molecule has 0 bridgehead atoms. The van der Waals surface area contributed by atoms with E-state index in [9.17, 15) is 14.0 Å². The normalized spacial score (nSPS) is 19.0. The van der Waals surface area contributed by atoms with E-state index in [-0.39, 0.29) is 17.6 Å². The van der Waals surface area contributed by atoms with Gasteiger partial charge in [0.2, 0.25) is 5.91 Å². The Morgan fingerprint density at radius 3 is 2.49 bits per heavy atom. The Morgan fingerprint density at radius 1 is 0.949 bits per heavy atom. The fourth-order valence-electron chi connectivity index (χ4n) is 5.34. The predicted molar refractivity (Wildman–Crippen MR) is 147 cm³/mol. The van der Waals surface area contributed by atoms with Crippen molar-refractivity contribution in [2.24, 2.45) is 5.92 Å². The van der Waals surface area contributed by atoms with Crippen molar-refractivity contribution < 1.29 is 14.0 Å². The Morgan fingerprint density at radius 2 is 1.74 bits per heavy atom. The number of hydrogen-bond acceptors (Lipinski definition) is 4. The van der Waals surface area contributed by atoms with Gasteiger partial charge in [-0.3, -0.25) is 14.6 Å². The van der Waals surface area contributed by atoms with Crippen LogP contribution in [0.5, 0.6) is 0 Å². The fourth-order valence-corrected chi connectivity index (χ4v) is 5.34. The number of halogens is 1. The van der Waals surface area contributed by atoms with Crippen LogP contribution in [0.2, 0.25) is 0 Å². The van der Waals surface area contributed by atoms with Crippen molar-refractivity contribution in [3.63, 3.8) is 0 Å². The lowest BCUT2D eigenvalue weighted by Gasteiger charge is -2.30. The van der Waals surface area contributed by atoms with Gasteiger partial charge in [0.05, 0.1) is 41.0 Å². The minimum Gasteiger partial charge on any atom is -0.346 e. The molecule has 8 heteroatoms. The van der Waals surface area contributed by atoms with Gasteiger partial charge in [-0.05, 0) is 67.1 Å². The highest BCUT2D eigenvalue weighted by molar-refractivity contribution is 6.02. The Bertz CT molecular complexity index is 1680. The molecule has 1 saturated heterocycles. The maximum absolute atomic E-state index is 13.8. The molecule has 0 unspecified atom stereocenters. The quantitative estimate of drug-likeness (QED) is 0.338. The summed E-state index contributed by atoms with van der Waals surface area (Å²) in [5.74, 6) is -1.13. The van der Waals surface area contributed by atoms with Gasteiger partial charge in [0.15, 0.2) is 0 Å².